The maximum Gasteiger partial charge on any atom is 0.0136 e. The third-order valence-electron chi connectivity index (χ3n) is 0.649. The molecular weight excluding hydrogens is 106 g/mol. The van der Waals surface area contributed by atoms with Crippen molar-refractivity contribution in [3.63, 3.8) is 0 Å². The molecule has 0 aliphatic carbocycles. The van der Waals surface area contributed by atoms with Gasteiger partial charge in [0.15, 0.2) is 0 Å². The zero-order valence-corrected chi connectivity index (χ0v) is 5.63. The Morgan fingerprint density at radius 3 is 2.57 bits per heavy atom. The van der Waals surface area contributed by atoms with E-state index < -0.39 is 0 Å². The standard InChI is InChI=1S/C5H11NS/c1-3-6-5(2)4-7/h4,6-7H,3H2,1-2H3/b5-4-. The van der Waals surface area contributed by atoms with Gasteiger partial charge in [0.1, 0.15) is 0 Å². The second-order valence-corrected chi connectivity index (χ2v) is 1.60. The molecule has 0 heterocycles. The summed E-state index contributed by atoms with van der Waals surface area (Å²) < 4.78 is 0. The van der Waals surface area contributed by atoms with Crippen LogP contribution in [0.25, 0.3) is 0 Å². The lowest BCUT2D eigenvalue weighted by atomic mass is 10.5. The molecule has 0 rings (SSSR count). The van der Waals surface area contributed by atoms with E-state index in [-0.39, 0.29) is 0 Å². The molecule has 0 fully saturated rings. The molecule has 7 heavy (non-hydrogen) atoms. The fourth-order valence-corrected chi connectivity index (χ4v) is 0.416. The Labute approximate surface area is 50.2 Å². The van der Waals surface area contributed by atoms with Gasteiger partial charge in [0.2, 0.25) is 0 Å². The molecule has 0 bridgehead atoms. The van der Waals surface area contributed by atoms with E-state index in [9.17, 15) is 0 Å². The van der Waals surface area contributed by atoms with E-state index in [1.54, 1.807) is 5.41 Å². The maximum atomic E-state index is 3.92. The molecular formula is C5H11NS. The predicted octanol–water partition coefficient (Wildman–Crippen LogP) is 1.39. The van der Waals surface area contributed by atoms with Gasteiger partial charge >= 0.3 is 0 Å². The quantitative estimate of drug-likeness (QED) is 0.521. The van der Waals surface area contributed by atoms with E-state index >= 15 is 0 Å². The molecule has 0 radical (unpaired) electrons. The Morgan fingerprint density at radius 2 is 2.43 bits per heavy atom. The first-order valence-corrected chi connectivity index (χ1v) is 2.87. The van der Waals surface area contributed by atoms with Crippen molar-refractivity contribution in [2.75, 3.05) is 6.54 Å². The Kier molecular flexibility index (Phi) is 4.00. The Balaban J connectivity index is 3.17. The van der Waals surface area contributed by atoms with Crippen LogP contribution in [0.5, 0.6) is 0 Å². The van der Waals surface area contributed by atoms with Crippen LogP contribution >= 0.6 is 12.6 Å². The highest BCUT2D eigenvalue weighted by atomic mass is 32.1. The average Bonchev–Trinajstić information content (AvgIpc) is 1.68. The SMILES string of the molecule is CCN/C(C)=C\S. The highest BCUT2D eigenvalue weighted by Crippen LogP contribution is 1.85. The summed E-state index contributed by atoms with van der Waals surface area (Å²) in [7, 11) is 0. The Bertz CT molecular complexity index is 68.5. The minimum absolute atomic E-state index is 0.975. The number of allylic oxidation sites excluding steroid dienone is 1. The van der Waals surface area contributed by atoms with Crippen molar-refractivity contribution < 1.29 is 0 Å². The second-order valence-electron chi connectivity index (χ2n) is 1.34. The third-order valence-corrected chi connectivity index (χ3v) is 1.04. The van der Waals surface area contributed by atoms with Crippen LogP contribution in [-0.2, 0) is 0 Å². The molecule has 0 aromatic heterocycles. The number of thiol groups is 1. The molecule has 42 valence electrons. The molecule has 0 saturated heterocycles. The van der Waals surface area contributed by atoms with Gasteiger partial charge in [-0.15, -0.1) is 12.6 Å². The molecule has 0 unspecified atom stereocenters. The van der Waals surface area contributed by atoms with Crippen LogP contribution in [0, 0.1) is 0 Å². The highest BCUT2D eigenvalue weighted by Gasteiger charge is 1.75. The van der Waals surface area contributed by atoms with Gasteiger partial charge in [0.25, 0.3) is 0 Å². The number of nitrogens with one attached hydrogen (secondary N) is 1. The van der Waals surface area contributed by atoms with E-state index in [1.165, 1.54) is 0 Å². The van der Waals surface area contributed by atoms with Gasteiger partial charge in [-0.25, -0.2) is 0 Å². The van der Waals surface area contributed by atoms with E-state index in [1.807, 2.05) is 6.92 Å². The molecule has 0 aromatic carbocycles. The number of rotatable bonds is 2. The van der Waals surface area contributed by atoms with Gasteiger partial charge in [-0.05, 0) is 19.3 Å². The lowest BCUT2D eigenvalue weighted by Crippen LogP contribution is -2.07. The van der Waals surface area contributed by atoms with E-state index in [2.05, 4.69) is 24.9 Å². The lowest BCUT2D eigenvalue weighted by Gasteiger charge is -1.97. The molecule has 0 amide bonds. The fourth-order valence-electron chi connectivity index (χ4n) is 0.324. The molecule has 0 aliphatic rings. The van der Waals surface area contributed by atoms with Gasteiger partial charge in [0, 0.05) is 12.2 Å². The van der Waals surface area contributed by atoms with Crippen LogP contribution in [0.4, 0.5) is 0 Å². The van der Waals surface area contributed by atoms with Crippen molar-refractivity contribution in [2.24, 2.45) is 0 Å². The van der Waals surface area contributed by atoms with Crippen molar-refractivity contribution in [1.29, 1.82) is 0 Å². The van der Waals surface area contributed by atoms with E-state index in [0.717, 1.165) is 12.2 Å². The summed E-state index contributed by atoms with van der Waals surface area (Å²) in [5.74, 6) is 0. The zero-order valence-electron chi connectivity index (χ0n) is 4.73. The largest absolute Gasteiger partial charge is 0.388 e. The summed E-state index contributed by atoms with van der Waals surface area (Å²) in [5, 5.41) is 4.83. The van der Waals surface area contributed by atoms with Crippen molar-refractivity contribution in [3.05, 3.63) is 11.1 Å². The van der Waals surface area contributed by atoms with Crippen molar-refractivity contribution in [3.8, 4) is 0 Å². The van der Waals surface area contributed by atoms with Gasteiger partial charge in [-0.1, -0.05) is 0 Å². The lowest BCUT2D eigenvalue weighted by molar-refractivity contribution is 0.857. The molecule has 1 nitrogen and oxygen atoms in total. The maximum absolute atomic E-state index is 3.92. The zero-order chi connectivity index (χ0) is 5.70. The molecule has 0 spiro atoms. The topological polar surface area (TPSA) is 12.0 Å². The first-order valence-electron chi connectivity index (χ1n) is 2.36. The van der Waals surface area contributed by atoms with E-state index in [0.29, 0.717) is 0 Å². The normalized spacial score (nSPS) is 11.6. The first-order chi connectivity index (χ1) is 3.31. The summed E-state index contributed by atoms with van der Waals surface area (Å²) in [6.45, 7) is 5.01. The van der Waals surface area contributed by atoms with Crippen LogP contribution in [0.3, 0.4) is 0 Å². The fraction of sp³-hybridized carbons (Fsp3) is 0.600. The summed E-state index contributed by atoms with van der Waals surface area (Å²) in [4.78, 5) is 0. The van der Waals surface area contributed by atoms with Crippen molar-refractivity contribution in [2.45, 2.75) is 13.8 Å². The molecule has 0 saturated carbocycles. The van der Waals surface area contributed by atoms with E-state index in [4.69, 9.17) is 0 Å². The van der Waals surface area contributed by atoms with Gasteiger partial charge in [-0.2, -0.15) is 0 Å². The van der Waals surface area contributed by atoms with Gasteiger partial charge in [-0.3, -0.25) is 0 Å². The van der Waals surface area contributed by atoms with Crippen LogP contribution in [0.15, 0.2) is 11.1 Å². The minimum Gasteiger partial charge on any atom is -0.388 e. The molecule has 0 aromatic rings. The summed E-state index contributed by atoms with van der Waals surface area (Å²) in [6, 6.07) is 0. The summed E-state index contributed by atoms with van der Waals surface area (Å²) >= 11 is 3.92. The predicted molar refractivity (Wildman–Crippen MR) is 36.4 cm³/mol. The number of hydrogen-bond acceptors (Lipinski definition) is 2. The summed E-state index contributed by atoms with van der Waals surface area (Å²) in [5.41, 5.74) is 1.12. The van der Waals surface area contributed by atoms with Crippen molar-refractivity contribution in [1.82, 2.24) is 5.32 Å². The minimum atomic E-state index is 0.975. The van der Waals surface area contributed by atoms with Crippen LogP contribution in [0.2, 0.25) is 0 Å². The first kappa shape index (κ1) is 6.89. The van der Waals surface area contributed by atoms with Gasteiger partial charge in [0.05, 0.1) is 0 Å². The molecule has 0 aliphatic heterocycles. The molecule has 2 heteroatoms. The monoisotopic (exact) mass is 117 g/mol. The van der Waals surface area contributed by atoms with Crippen molar-refractivity contribution >= 4 is 12.6 Å². The molecule has 0 atom stereocenters. The molecule has 1 N–H and O–H groups in total. The van der Waals surface area contributed by atoms with Crippen LogP contribution in [0.1, 0.15) is 13.8 Å². The van der Waals surface area contributed by atoms with Crippen LogP contribution < -0.4 is 5.32 Å². The second kappa shape index (κ2) is 4.06. The highest BCUT2D eigenvalue weighted by molar-refractivity contribution is 7.83. The summed E-state index contributed by atoms with van der Waals surface area (Å²) in [6.07, 6.45) is 0. The smallest absolute Gasteiger partial charge is 0.0136 e. The number of hydrogen-bond donors (Lipinski definition) is 2. The van der Waals surface area contributed by atoms with Crippen LogP contribution in [-0.4, -0.2) is 6.54 Å². The van der Waals surface area contributed by atoms with Gasteiger partial charge < -0.3 is 5.32 Å². The Hall–Kier alpha value is -0.110. The third kappa shape index (κ3) is 3.73. The average molecular weight is 117 g/mol. The Morgan fingerprint density at radius 1 is 1.86 bits per heavy atom.